The quantitative estimate of drug-likeness (QED) is 0.661. The van der Waals surface area contributed by atoms with E-state index in [1.165, 1.54) is 6.20 Å². The Balaban J connectivity index is 2.06. The number of ketones is 1. The van der Waals surface area contributed by atoms with Crippen LogP contribution in [0.1, 0.15) is 21.8 Å². The fraction of sp³-hybridized carbons (Fsp3) is 0.0667. The molecule has 4 heteroatoms. The largest absolute Gasteiger partial charge is 0.452 e. The van der Waals surface area contributed by atoms with Gasteiger partial charge >= 0.3 is 0 Å². The zero-order valence-corrected chi connectivity index (χ0v) is 10.9. The Kier molecular flexibility index (Phi) is 2.84. The van der Waals surface area contributed by atoms with Gasteiger partial charge in [-0.1, -0.05) is 29.8 Å². The number of benzene rings is 1. The molecule has 2 heterocycles. The molecule has 94 valence electrons. The van der Waals surface area contributed by atoms with Crippen molar-refractivity contribution in [3.05, 3.63) is 64.6 Å². The summed E-state index contributed by atoms with van der Waals surface area (Å²) < 4.78 is 5.62. The van der Waals surface area contributed by atoms with Gasteiger partial charge in [-0.15, -0.1) is 0 Å². The molecule has 0 saturated carbocycles. The standard InChI is InChI=1S/C15H10ClNO2/c1-9-3-2-4-10-7-13(19-15(9)10)14(18)12-6-5-11(16)8-17-12/h2-8H,1H3. The van der Waals surface area contributed by atoms with Crippen molar-refractivity contribution in [3.8, 4) is 0 Å². The van der Waals surface area contributed by atoms with Gasteiger partial charge in [-0.3, -0.25) is 9.78 Å². The number of halogens is 1. The lowest BCUT2D eigenvalue weighted by Crippen LogP contribution is -2.01. The third-order valence-corrected chi connectivity index (χ3v) is 3.15. The Hall–Kier alpha value is -2.13. The minimum Gasteiger partial charge on any atom is -0.452 e. The van der Waals surface area contributed by atoms with Crippen LogP contribution in [0.25, 0.3) is 11.0 Å². The summed E-state index contributed by atoms with van der Waals surface area (Å²) in [4.78, 5) is 16.2. The Morgan fingerprint density at radius 1 is 1.26 bits per heavy atom. The fourth-order valence-electron chi connectivity index (χ4n) is 1.96. The number of carbonyl (C=O) groups is 1. The van der Waals surface area contributed by atoms with Crippen molar-refractivity contribution in [2.45, 2.75) is 6.92 Å². The van der Waals surface area contributed by atoms with Crippen LogP contribution in [0.15, 0.2) is 47.0 Å². The Bertz CT molecular complexity index is 759. The minimum absolute atomic E-state index is 0.243. The lowest BCUT2D eigenvalue weighted by Gasteiger charge is -1.96. The third-order valence-electron chi connectivity index (χ3n) is 2.92. The molecule has 0 bridgehead atoms. The van der Waals surface area contributed by atoms with E-state index in [-0.39, 0.29) is 5.78 Å². The van der Waals surface area contributed by atoms with Gasteiger partial charge in [0.1, 0.15) is 11.3 Å². The van der Waals surface area contributed by atoms with Gasteiger partial charge in [0.05, 0.1) is 5.02 Å². The Morgan fingerprint density at radius 3 is 2.79 bits per heavy atom. The van der Waals surface area contributed by atoms with E-state index in [4.69, 9.17) is 16.0 Å². The number of fused-ring (bicyclic) bond motifs is 1. The van der Waals surface area contributed by atoms with Crippen molar-refractivity contribution in [3.63, 3.8) is 0 Å². The van der Waals surface area contributed by atoms with Crippen LogP contribution in [-0.2, 0) is 0 Å². The second-order valence-corrected chi connectivity index (χ2v) is 4.73. The van der Waals surface area contributed by atoms with Crippen LogP contribution < -0.4 is 0 Å². The van der Waals surface area contributed by atoms with Gasteiger partial charge in [-0.05, 0) is 30.7 Å². The zero-order chi connectivity index (χ0) is 13.4. The first-order valence-corrected chi connectivity index (χ1v) is 6.18. The van der Waals surface area contributed by atoms with E-state index < -0.39 is 0 Å². The molecular weight excluding hydrogens is 262 g/mol. The molecule has 0 fully saturated rings. The first-order chi connectivity index (χ1) is 9.15. The van der Waals surface area contributed by atoms with Crippen LogP contribution in [0.4, 0.5) is 0 Å². The molecule has 0 spiro atoms. The number of para-hydroxylation sites is 1. The molecule has 19 heavy (non-hydrogen) atoms. The molecule has 1 aromatic carbocycles. The topological polar surface area (TPSA) is 43.1 Å². The molecule has 0 aliphatic heterocycles. The molecule has 0 aliphatic carbocycles. The van der Waals surface area contributed by atoms with E-state index in [1.807, 2.05) is 25.1 Å². The number of pyridine rings is 1. The molecule has 2 aromatic heterocycles. The van der Waals surface area contributed by atoms with Crippen LogP contribution in [0.3, 0.4) is 0 Å². The summed E-state index contributed by atoms with van der Waals surface area (Å²) >= 11 is 5.75. The van der Waals surface area contributed by atoms with E-state index >= 15 is 0 Å². The summed E-state index contributed by atoms with van der Waals surface area (Å²) in [5.74, 6) is 0.0476. The molecule has 0 saturated heterocycles. The minimum atomic E-state index is -0.243. The van der Waals surface area contributed by atoms with E-state index in [0.29, 0.717) is 16.5 Å². The summed E-state index contributed by atoms with van der Waals surface area (Å²) in [6, 6.07) is 10.8. The van der Waals surface area contributed by atoms with Gasteiger partial charge in [0.15, 0.2) is 5.76 Å². The van der Waals surface area contributed by atoms with Crippen molar-refractivity contribution in [1.29, 1.82) is 0 Å². The lowest BCUT2D eigenvalue weighted by atomic mass is 10.1. The summed E-state index contributed by atoms with van der Waals surface area (Å²) in [5.41, 5.74) is 2.06. The molecule has 3 aromatic rings. The van der Waals surface area contributed by atoms with Crippen molar-refractivity contribution in [2.75, 3.05) is 0 Å². The first kappa shape index (κ1) is 11.9. The summed E-state index contributed by atoms with van der Waals surface area (Å²) in [7, 11) is 0. The second-order valence-electron chi connectivity index (χ2n) is 4.29. The van der Waals surface area contributed by atoms with E-state index in [2.05, 4.69) is 4.98 Å². The van der Waals surface area contributed by atoms with Gasteiger partial charge in [0.2, 0.25) is 5.78 Å². The fourth-order valence-corrected chi connectivity index (χ4v) is 2.07. The molecule has 0 N–H and O–H groups in total. The number of aryl methyl sites for hydroxylation is 1. The second kappa shape index (κ2) is 4.52. The average molecular weight is 272 g/mol. The number of hydrogen-bond acceptors (Lipinski definition) is 3. The molecule has 0 amide bonds. The lowest BCUT2D eigenvalue weighted by molar-refractivity contribution is 0.101. The number of nitrogens with zero attached hydrogens (tertiary/aromatic N) is 1. The van der Waals surface area contributed by atoms with Crippen LogP contribution in [-0.4, -0.2) is 10.8 Å². The maximum Gasteiger partial charge on any atom is 0.246 e. The highest BCUT2D eigenvalue weighted by molar-refractivity contribution is 6.30. The summed E-state index contributed by atoms with van der Waals surface area (Å²) in [6.45, 7) is 1.95. The molecule has 0 radical (unpaired) electrons. The Labute approximate surface area is 114 Å². The number of furan rings is 1. The van der Waals surface area contributed by atoms with Gasteiger partial charge in [0.25, 0.3) is 0 Å². The molecule has 3 rings (SSSR count). The van der Waals surface area contributed by atoms with Gasteiger partial charge in [-0.25, -0.2) is 0 Å². The van der Waals surface area contributed by atoms with Crippen LogP contribution in [0, 0.1) is 6.92 Å². The van der Waals surface area contributed by atoms with Crippen molar-refractivity contribution in [1.82, 2.24) is 4.98 Å². The molecule has 0 atom stereocenters. The number of hydrogen-bond donors (Lipinski definition) is 0. The number of aromatic nitrogens is 1. The summed E-state index contributed by atoms with van der Waals surface area (Å²) in [6.07, 6.45) is 1.45. The Morgan fingerprint density at radius 2 is 2.11 bits per heavy atom. The predicted octanol–water partition coefficient (Wildman–Crippen LogP) is 4.02. The van der Waals surface area contributed by atoms with Crippen molar-refractivity contribution >= 4 is 28.4 Å². The smallest absolute Gasteiger partial charge is 0.246 e. The molecule has 0 aliphatic rings. The maximum absolute atomic E-state index is 12.2. The zero-order valence-electron chi connectivity index (χ0n) is 10.2. The van der Waals surface area contributed by atoms with Crippen LogP contribution in [0.2, 0.25) is 5.02 Å². The third kappa shape index (κ3) is 2.13. The van der Waals surface area contributed by atoms with Gasteiger partial charge < -0.3 is 4.42 Å². The predicted molar refractivity (Wildman–Crippen MR) is 73.6 cm³/mol. The molecular formula is C15H10ClNO2. The highest BCUT2D eigenvalue weighted by Crippen LogP contribution is 2.24. The normalized spacial score (nSPS) is 10.8. The van der Waals surface area contributed by atoms with E-state index in [1.54, 1.807) is 18.2 Å². The summed E-state index contributed by atoms with van der Waals surface area (Å²) in [5, 5.41) is 1.41. The highest BCUT2D eigenvalue weighted by atomic mass is 35.5. The van der Waals surface area contributed by atoms with Crippen molar-refractivity contribution in [2.24, 2.45) is 0 Å². The molecule has 0 unspecified atom stereocenters. The van der Waals surface area contributed by atoms with Crippen molar-refractivity contribution < 1.29 is 9.21 Å². The van der Waals surface area contributed by atoms with E-state index in [9.17, 15) is 4.79 Å². The monoisotopic (exact) mass is 271 g/mol. The van der Waals surface area contributed by atoms with Gasteiger partial charge in [0, 0.05) is 11.6 Å². The number of rotatable bonds is 2. The van der Waals surface area contributed by atoms with Crippen LogP contribution >= 0.6 is 11.6 Å². The van der Waals surface area contributed by atoms with Crippen LogP contribution in [0.5, 0.6) is 0 Å². The van der Waals surface area contributed by atoms with E-state index in [0.717, 1.165) is 16.5 Å². The van der Waals surface area contributed by atoms with Gasteiger partial charge in [-0.2, -0.15) is 0 Å². The first-order valence-electron chi connectivity index (χ1n) is 5.80. The molecule has 3 nitrogen and oxygen atoms in total. The average Bonchev–Trinajstić information content (AvgIpc) is 2.84. The number of carbonyl (C=O) groups excluding carboxylic acids is 1. The SMILES string of the molecule is Cc1cccc2cc(C(=O)c3ccc(Cl)cn3)oc12. The highest BCUT2D eigenvalue weighted by Gasteiger charge is 2.16. The maximum atomic E-state index is 12.2.